The summed E-state index contributed by atoms with van der Waals surface area (Å²) in [5.41, 5.74) is 65.9. The van der Waals surface area contributed by atoms with E-state index in [1.165, 1.54) is 0 Å². The van der Waals surface area contributed by atoms with Gasteiger partial charge in [0.2, 0.25) is 88.6 Å². The summed E-state index contributed by atoms with van der Waals surface area (Å²) in [7, 11) is 0. The molecule has 0 aliphatic carbocycles. The second-order valence-corrected chi connectivity index (χ2v) is 37.1. The number of hydrogen-bond donors (Lipinski definition) is 31. The van der Waals surface area contributed by atoms with E-state index in [0.717, 1.165) is 0 Å². The van der Waals surface area contributed by atoms with Gasteiger partial charge in [-0.15, -0.1) is 0 Å². The molecule has 0 aliphatic rings. The van der Waals surface area contributed by atoms with Crippen molar-refractivity contribution in [3.8, 4) is 0 Å². The molecule has 800 valence electrons. The standard InChI is InChI=1S/C97H167N31O15/c1-59(2)55-74(90(139)120-66(38-17-23-47-99)82(131)115-65(37-16-22-46-98)81(130)119-73(45-30-54-114-97(110)111)89(138)128-79(61(5)6)80(105)129)124-86(135)68(40-19-25-49-101)117-85(134)71(43-28-52-112-95(106)107)122-92(141)76(57-63-33-12-8-13-34-63)127-93(142)77(58-64-35-14-9-15-36-64)126-87(136)69(41-20-26-50-102)116-83(132)67(39-18-24-48-100)121-91(140)75(56-62-31-10-7-11-32-62)125-88(137)72(44-29-53-113-96(108)109)118-84(133)70(42-21-27-51-103)123-94(143)78(104)60(3)4/h7-15,31-36,59-61,65-79H,16-30,37-58,98-104H2,1-6H3,(H2,105,129)(H,115,131)(H,116,132)(H,117,134)(H,118,133)(H,119,130)(H,120,139)(H,121,140)(H,122,141)(H,123,143)(H,124,135)(H,125,137)(H,126,136)(H,127,142)(H,128,138)(H4,106,107,112)(H4,108,109,113)(H4,110,111,114)/t65-,66-,67-,68-,69-,70-,71-,72-,73-,74-,75-,76-,77-,78-,79-/m0/s1. The number of unbranched alkanes of at least 4 members (excludes halogenated alkanes) is 6. The molecule has 0 aromatic heterocycles. The molecule has 15 amide bonds. The molecule has 0 bridgehead atoms. The van der Waals surface area contributed by atoms with Gasteiger partial charge >= 0.3 is 0 Å². The van der Waals surface area contributed by atoms with Crippen LogP contribution in [0.4, 0.5) is 0 Å². The first kappa shape index (κ1) is 124. The van der Waals surface area contributed by atoms with Crippen LogP contribution in [0, 0.1) is 34.0 Å². The number of primary amides is 1. The summed E-state index contributed by atoms with van der Waals surface area (Å²) < 4.78 is 0. The zero-order valence-corrected chi connectivity index (χ0v) is 84.2. The van der Waals surface area contributed by atoms with Crippen LogP contribution >= 0.6 is 0 Å². The van der Waals surface area contributed by atoms with Gasteiger partial charge < -0.3 is 153 Å². The maximum atomic E-state index is 15.5. The van der Waals surface area contributed by atoms with Crippen LogP contribution in [0.5, 0.6) is 0 Å². The molecule has 143 heavy (non-hydrogen) atoms. The zero-order valence-electron chi connectivity index (χ0n) is 84.2. The van der Waals surface area contributed by atoms with Crippen molar-refractivity contribution in [3.05, 3.63) is 108 Å². The fourth-order valence-electron chi connectivity index (χ4n) is 15.5. The van der Waals surface area contributed by atoms with Gasteiger partial charge in [0.05, 0.1) is 6.04 Å². The summed E-state index contributed by atoms with van der Waals surface area (Å²) in [5.74, 6) is -14.4. The lowest BCUT2D eigenvalue weighted by molar-refractivity contribution is -0.136. The highest BCUT2D eigenvalue weighted by atomic mass is 16.2. The first-order chi connectivity index (χ1) is 68.2. The second-order valence-electron chi connectivity index (χ2n) is 37.1. The van der Waals surface area contributed by atoms with Gasteiger partial charge in [0.15, 0.2) is 17.9 Å². The number of guanidine groups is 3. The molecule has 0 aliphatic heterocycles. The van der Waals surface area contributed by atoms with E-state index in [1.807, 2.05) is 0 Å². The highest BCUT2D eigenvalue weighted by Gasteiger charge is 2.40. The average Bonchev–Trinajstić information content (AvgIpc) is 0.846. The largest absolute Gasteiger partial charge is 0.370 e. The summed E-state index contributed by atoms with van der Waals surface area (Å²) in [6.07, 6.45) is 3.85. The molecule has 46 nitrogen and oxygen atoms in total. The molecule has 0 fully saturated rings. The Morgan fingerprint density at radius 3 is 0.629 bits per heavy atom. The lowest BCUT2D eigenvalue weighted by atomic mass is 10.00. The maximum absolute atomic E-state index is 15.5. The number of rotatable bonds is 75. The second kappa shape index (κ2) is 70.8. The predicted octanol–water partition coefficient (Wildman–Crippen LogP) is -3.76. The molecule has 3 aromatic rings. The molecule has 0 unspecified atom stereocenters. The maximum Gasteiger partial charge on any atom is 0.243 e. The first-order valence-corrected chi connectivity index (χ1v) is 50.1. The Balaban J connectivity index is 2.16. The van der Waals surface area contributed by atoms with E-state index < -0.39 is 191 Å². The summed E-state index contributed by atoms with van der Waals surface area (Å²) in [6, 6.07) is 5.42. The lowest BCUT2D eigenvalue weighted by Crippen LogP contribution is -2.61. The molecular weight excluding hydrogens is 1840 g/mol. The summed E-state index contributed by atoms with van der Waals surface area (Å²) in [4.78, 5) is 220. The number of carbonyl (C=O) groups is 15. The van der Waals surface area contributed by atoms with E-state index >= 15 is 33.6 Å². The number of nitrogens with one attached hydrogen (secondary N) is 20. The Hall–Kier alpha value is -12.8. The number of carbonyl (C=O) groups excluding carboxylic acids is 15. The number of amides is 15. The van der Waals surface area contributed by atoms with Crippen molar-refractivity contribution in [2.24, 2.45) is 80.8 Å². The fraction of sp³-hybridized carbons (Fsp3) is 0.629. The highest BCUT2D eigenvalue weighted by molar-refractivity contribution is 6.01. The Kier molecular flexibility index (Phi) is 61.6. The topological polar surface area (TPSA) is 818 Å². The fourth-order valence-corrected chi connectivity index (χ4v) is 15.5. The van der Waals surface area contributed by atoms with E-state index in [1.54, 1.807) is 133 Å². The van der Waals surface area contributed by atoms with Crippen LogP contribution in [-0.2, 0) is 91.2 Å². The molecule has 46 heteroatoms. The highest BCUT2D eigenvalue weighted by Crippen LogP contribution is 2.19. The first-order valence-electron chi connectivity index (χ1n) is 50.1. The van der Waals surface area contributed by atoms with Gasteiger partial charge in [-0.3, -0.25) is 88.1 Å². The molecule has 0 spiro atoms. The molecule has 15 atom stereocenters. The van der Waals surface area contributed by atoms with Gasteiger partial charge in [-0.1, -0.05) is 133 Å². The van der Waals surface area contributed by atoms with Crippen LogP contribution in [-0.4, -0.2) is 256 Å². The van der Waals surface area contributed by atoms with Crippen molar-refractivity contribution >= 4 is 106 Å². The van der Waals surface area contributed by atoms with E-state index in [2.05, 4.69) is 90.4 Å². The number of nitrogens with two attached hydrogens (primary N) is 11. The predicted molar refractivity (Wildman–Crippen MR) is 549 cm³/mol. The smallest absolute Gasteiger partial charge is 0.243 e. The van der Waals surface area contributed by atoms with Crippen LogP contribution in [0.25, 0.3) is 0 Å². The molecule has 0 saturated carbocycles. The van der Waals surface area contributed by atoms with Gasteiger partial charge in [-0.25, -0.2) is 0 Å². The number of hydrogen-bond acceptors (Lipinski definition) is 25. The molecule has 0 saturated heterocycles. The van der Waals surface area contributed by atoms with Crippen molar-refractivity contribution in [2.45, 2.75) is 312 Å². The van der Waals surface area contributed by atoms with Crippen LogP contribution in [0.2, 0.25) is 0 Å². The molecule has 0 heterocycles. The Bertz CT molecular complexity index is 4410. The summed E-state index contributed by atoms with van der Waals surface area (Å²) in [5, 5.41) is 70.2. The van der Waals surface area contributed by atoms with Gasteiger partial charge in [0, 0.05) is 38.9 Å². The Labute approximate surface area is 840 Å². The van der Waals surface area contributed by atoms with Crippen molar-refractivity contribution in [1.82, 2.24) is 90.4 Å². The van der Waals surface area contributed by atoms with Crippen molar-refractivity contribution in [2.75, 3.05) is 58.9 Å². The van der Waals surface area contributed by atoms with E-state index in [4.69, 9.17) is 79.3 Å². The molecule has 3 rings (SSSR count). The molecule has 0 radical (unpaired) electrons. The number of benzene rings is 3. The average molecular weight is 2010 g/mol. The SMILES string of the molecule is CC(C)C[C@H](NC(=O)[C@H](CCCCN)NC(=O)[C@H](CCCNC(=N)N)NC(=O)[C@H](Cc1ccccc1)NC(=O)[C@H](Cc1ccccc1)NC(=O)[C@H](CCCCN)NC(=O)[C@H](CCCCN)NC(=O)[C@H](Cc1ccccc1)NC(=O)[C@H](CCCNC(=N)N)NC(=O)[C@H](CCCCN)NC(=O)[C@@H](N)C(C)C)C(=O)N[C@@H](CCCCN)C(=O)N[C@@H](CCCCN)C(=O)N[C@@H](CCCNC(=N)N)C(=O)N[C@H](C(N)=O)C(C)C. The van der Waals surface area contributed by atoms with E-state index in [9.17, 15) is 38.4 Å². The normalized spacial score (nSPS) is 14.3. The van der Waals surface area contributed by atoms with Crippen molar-refractivity contribution in [3.63, 3.8) is 0 Å². The van der Waals surface area contributed by atoms with Crippen LogP contribution < -0.4 is 153 Å². The van der Waals surface area contributed by atoms with Crippen molar-refractivity contribution in [1.29, 1.82) is 16.2 Å². The van der Waals surface area contributed by atoms with E-state index in [0.29, 0.717) is 81.0 Å². The van der Waals surface area contributed by atoms with Gasteiger partial charge in [0.1, 0.15) is 84.6 Å². The molecule has 3 aromatic carbocycles. The molecular formula is C97H167N31O15. The van der Waals surface area contributed by atoms with Crippen LogP contribution in [0.15, 0.2) is 91.0 Å². The zero-order chi connectivity index (χ0) is 106. The minimum absolute atomic E-state index is 0.00731. The monoisotopic (exact) mass is 2010 g/mol. The minimum Gasteiger partial charge on any atom is -0.370 e. The van der Waals surface area contributed by atoms with Crippen LogP contribution in [0.1, 0.15) is 219 Å². The minimum atomic E-state index is -1.55. The third-order valence-electron chi connectivity index (χ3n) is 23.7. The Morgan fingerprint density at radius 2 is 0.434 bits per heavy atom. The third-order valence-corrected chi connectivity index (χ3v) is 23.7. The summed E-state index contributed by atoms with van der Waals surface area (Å²) >= 11 is 0. The van der Waals surface area contributed by atoms with Crippen LogP contribution in [0.3, 0.4) is 0 Å². The third kappa shape index (κ3) is 51.2. The summed E-state index contributed by atoms with van der Waals surface area (Å²) in [6.45, 7) is 11.9. The van der Waals surface area contributed by atoms with Gasteiger partial charge in [-0.05, 0) is 234 Å². The van der Waals surface area contributed by atoms with E-state index in [-0.39, 0.29) is 198 Å². The lowest BCUT2D eigenvalue weighted by Gasteiger charge is -2.29. The van der Waals surface area contributed by atoms with Gasteiger partial charge in [0.25, 0.3) is 0 Å². The van der Waals surface area contributed by atoms with Crippen molar-refractivity contribution < 1.29 is 71.9 Å². The molecule has 42 N–H and O–H groups in total. The quantitative estimate of drug-likeness (QED) is 0.0147. The Morgan fingerprint density at radius 1 is 0.245 bits per heavy atom. The van der Waals surface area contributed by atoms with Gasteiger partial charge in [-0.2, -0.15) is 0 Å².